The molecule has 2 fully saturated rings. The van der Waals surface area contributed by atoms with Gasteiger partial charge in [-0.2, -0.15) is 9.35 Å². The summed E-state index contributed by atoms with van der Waals surface area (Å²) in [5, 5.41) is 7.27. The molecule has 0 unspecified atom stereocenters. The van der Waals surface area contributed by atoms with Crippen LogP contribution in [0, 0.1) is 5.82 Å². The summed E-state index contributed by atoms with van der Waals surface area (Å²) >= 11 is 0. The molecule has 0 spiro atoms. The van der Waals surface area contributed by atoms with Crippen molar-refractivity contribution in [2.75, 3.05) is 17.8 Å². The molecule has 200 valence electrons. The minimum atomic E-state index is -2.39. The minimum absolute atomic E-state index is 0.103. The Kier molecular flexibility index (Phi) is 5.78. The lowest BCUT2D eigenvalue weighted by Crippen LogP contribution is -2.31. The molecule has 1 saturated carbocycles. The van der Waals surface area contributed by atoms with Crippen LogP contribution in [0.1, 0.15) is 49.3 Å². The summed E-state index contributed by atoms with van der Waals surface area (Å²) in [6.07, 6.45) is 12.3. The van der Waals surface area contributed by atoms with E-state index >= 15 is 4.39 Å². The molecule has 5 heterocycles. The van der Waals surface area contributed by atoms with Gasteiger partial charge in [0, 0.05) is 52.1 Å². The first-order valence-corrected chi connectivity index (χ1v) is 15.7. The van der Waals surface area contributed by atoms with E-state index in [0.717, 1.165) is 24.9 Å². The maximum absolute atomic E-state index is 15.6. The molecule has 1 saturated heterocycles. The van der Waals surface area contributed by atoms with Crippen LogP contribution < -0.4 is 10.6 Å². The average Bonchev–Trinajstić information content (AvgIpc) is 3.63. The van der Waals surface area contributed by atoms with Gasteiger partial charge in [0.05, 0.1) is 11.1 Å². The van der Waals surface area contributed by atoms with Crippen molar-refractivity contribution in [1.29, 1.82) is 0 Å². The molecule has 2 atom stereocenters. The number of benzene rings is 1. The summed E-state index contributed by atoms with van der Waals surface area (Å²) < 4.78 is 33.9. The molecule has 3 aromatic heterocycles. The minimum Gasteiger partial charge on any atom is -0.324 e. The van der Waals surface area contributed by atoms with Crippen LogP contribution in [0.5, 0.6) is 0 Å². The molecule has 1 aromatic carbocycles. The van der Waals surface area contributed by atoms with Crippen molar-refractivity contribution in [1.82, 2.24) is 24.8 Å². The lowest BCUT2D eigenvalue weighted by atomic mass is 9.96. The third-order valence-corrected chi connectivity index (χ3v) is 8.19. The zero-order chi connectivity index (χ0) is 26.7. The van der Waals surface area contributed by atoms with Crippen molar-refractivity contribution in [2.24, 2.45) is 4.36 Å². The summed E-state index contributed by atoms with van der Waals surface area (Å²) in [5.41, 5.74) is 4.49. The second kappa shape index (κ2) is 9.24. The fraction of sp³-hybridized carbons (Fsp3) is 0.345. The fourth-order valence-electron chi connectivity index (χ4n) is 5.70. The Morgan fingerprint density at radius 1 is 1.08 bits per heavy atom. The van der Waals surface area contributed by atoms with Crippen molar-refractivity contribution in [3.05, 3.63) is 71.8 Å². The predicted octanol–water partition coefficient (Wildman–Crippen LogP) is 5.84. The molecular formula is C29H30FN7OS. The Morgan fingerprint density at radius 2 is 1.90 bits per heavy atom. The third kappa shape index (κ3) is 4.83. The number of pyridine rings is 1. The number of hydrogen-bond donors (Lipinski definition) is 2. The normalized spacial score (nSPS) is 20.7. The highest BCUT2D eigenvalue weighted by molar-refractivity contribution is 7.92. The number of nitrogens with one attached hydrogen (secondary N) is 2. The van der Waals surface area contributed by atoms with Crippen molar-refractivity contribution in [3.63, 3.8) is 0 Å². The third-order valence-electron chi connectivity index (χ3n) is 7.57. The number of fused-ring (bicyclic) bond motifs is 3. The Labute approximate surface area is 227 Å². The molecule has 0 radical (unpaired) electrons. The molecule has 2 bridgehead atoms. The van der Waals surface area contributed by atoms with E-state index in [2.05, 4.69) is 43.2 Å². The molecular weight excluding hydrogens is 513 g/mol. The molecule has 2 N–H and O–H groups in total. The Bertz CT molecular complexity index is 1740. The summed E-state index contributed by atoms with van der Waals surface area (Å²) in [5.74, 6) is 1.00. The Morgan fingerprint density at radius 3 is 2.64 bits per heavy atom. The highest BCUT2D eigenvalue weighted by atomic mass is 32.2. The standard InChI is InChI=1S/C29H30FN7OS/c1-39(2,38)36-24-4-3-5-25(34-24)37-27(18-6-7-18)26(30)23-16-31-29(35-28(23)37)33-20-10-8-17(9-11-20)19-14-21-12-13-22(15-19)32-21/h3-5,8-11,14,16,18,21-22,32H,6-7,12-13,15H2,1-2H3,(H,31,33,35)/t21-,22+/m0/s1. The van der Waals surface area contributed by atoms with Crippen LogP contribution in [-0.2, 0) is 9.73 Å². The number of hydrogen-bond acceptors (Lipinski definition) is 7. The first-order valence-electron chi connectivity index (χ1n) is 13.4. The molecule has 0 amide bonds. The van der Waals surface area contributed by atoms with Crippen LogP contribution in [-0.4, -0.2) is 48.3 Å². The summed E-state index contributed by atoms with van der Waals surface area (Å²) in [6.45, 7) is 0. The van der Waals surface area contributed by atoms with Gasteiger partial charge in [0.1, 0.15) is 5.82 Å². The van der Waals surface area contributed by atoms with Crippen LogP contribution in [0.15, 0.2) is 59.1 Å². The molecule has 1 aliphatic carbocycles. The summed E-state index contributed by atoms with van der Waals surface area (Å²) in [6, 6.07) is 14.7. The van der Waals surface area contributed by atoms with Crippen LogP contribution in [0.2, 0.25) is 0 Å². The number of halogens is 1. The van der Waals surface area contributed by atoms with E-state index in [-0.39, 0.29) is 11.7 Å². The van der Waals surface area contributed by atoms with Gasteiger partial charge in [0.25, 0.3) is 0 Å². The van der Waals surface area contributed by atoms with Crippen molar-refractivity contribution < 1.29 is 8.60 Å². The highest BCUT2D eigenvalue weighted by Crippen LogP contribution is 2.45. The van der Waals surface area contributed by atoms with Gasteiger partial charge in [-0.15, -0.1) is 0 Å². The van der Waals surface area contributed by atoms with Gasteiger partial charge < -0.3 is 10.6 Å². The van der Waals surface area contributed by atoms with Gasteiger partial charge in [0.15, 0.2) is 17.3 Å². The van der Waals surface area contributed by atoms with Gasteiger partial charge >= 0.3 is 0 Å². The second-order valence-corrected chi connectivity index (χ2v) is 13.6. The first-order chi connectivity index (χ1) is 18.8. The molecule has 2 aliphatic heterocycles. The zero-order valence-electron chi connectivity index (χ0n) is 21.9. The fourth-order valence-corrected chi connectivity index (χ4v) is 6.25. The Balaban J connectivity index is 1.24. The number of anilines is 2. The van der Waals surface area contributed by atoms with Gasteiger partial charge in [-0.05, 0) is 67.5 Å². The average molecular weight is 544 g/mol. The Hall–Kier alpha value is -3.63. The first kappa shape index (κ1) is 24.4. The van der Waals surface area contributed by atoms with Gasteiger partial charge in [-0.1, -0.05) is 24.3 Å². The summed E-state index contributed by atoms with van der Waals surface area (Å²) in [4.78, 5) is 13.8. The van der Waals surface area contributed by atoms with E-state index in [1.807, 2.05) is 12.1 Å². The van der Waals surface area contributed by atoms with E-state index in [1.165, 1.54) is 30.2 Å². The lowest BCUT2D eigenvalue weighted by Gasteiger charge is -2.21. The molecule has 4 aromatic rings. The number of aromatic nitrogens is 4. The molecule has 39 heavy (non-hydrogen) atoms. The zero-order valence-corrected chi connectivity index (χ0v) is 22.7. The van der Waals surface area contributed by atoms with E-state index in [1.54, 1.807) is 35.3 Å². The van der Waals surface area contributed by atoms with Gasteiger partial charge in [0.2, 0.25) is 5.95 Å². The lowest BCUT2D eigenvalue weighted by molar-refractivity contribution is 0.575. The summed E-state index contributed by atoms with van der Waals surface area (Å²) in [7, 11) is -2.39. The van der Waals surface area contributed by atoms with E-state index in [4.69, 9.17) is 4.98 Å². The van der Waals surface area contributed by atoms with Crippen molar-refractivity contribution >= 4 is 43.8 Å². The molecule has 8 nitrogen and oxygen atoms in total. The molecule has 7 rings (SSSR count). The van der Waals surface area contributed by atoms with Crippen LogP contribution in [0.25, 0.3) is 22.4 Å². The van der Waals surface area contributed by atoms with Crippen LogP contribution in [0.3, 0.4) is 0 Å². The molecule has 10 heteroatoms. The number of nitrogens with zero attached hydrogens (tertiary/aromatic N) is 5. The predicted molar refractivity (Wildman–Crippen MR) is 153 cm³/mol. The largest absolute Gasteiger partial charge is 0.324 e. The number of rotatable bonds is 6. The van der Waals surface area contributed by atoms with Crippen molar-refractivity contribution in [3.8, 4) is 5.82 Å². The van der Waals surface area contributed by atoms with Crippen molar-refractivity contribution in [2.45, 2.75) is 50.1 Å². The van der Waals surface area contributed by atoms with E-state index < -0.39 is 9.73 Å². The quantitative estimate of drug-likeness (QED) is 0.317. The van der Waals surface area contributed by atoms with Crippen LogP contribution >= 0.6 is 0 Å². The smallest absolute Gasteiger partial charge is 0.229 e. The van der Waals surface area contributed by atoms with E-state index in [9.17, 15) is 4.21 Å². The van der Waals surface area contributed by atoms with E-state index in [0.29, 0.717) is 46.4 Å². The molecule has 3 aliphatic rings. The second-order valence-electron chi connectivity index (χ2n) is 11.0. The van der Waals surface area contributed by atoms with Crippen LogP contribution in [0.4, 0.5) is 21.8 Å². The maximum atomic E-state index is 15.6. The highest BCUT2D eigenvalue weighted by Gasteiger charge is 2.34. The topological polar surface area (TPSA) is 97.1 Å². The van der Waals surface area contributed by atoms with Gasteiger partial charge in [-0.25, -0.2) is 18.6 Å². The SMILES string of the molecule is CS(C)(=O)=Nc1cccc(-n2c(C3CC3)c(F)c3cnc(Nc4ccc(C5=C[C@@H]6CC[C@H](C5)N6)cc4)nc32)n1. The maximum Gasteiger partial charge on any atom is 0.229 e. The van der Waals surface area contributed by atoms with Gasteiger partial charge in [-0.3, -0.25) is 4.57 Å². The monoisotopic (exact) mass is 543 g/mol.